The number of carbonyl (C=O) groups excluding carboxylic acids is 1. The molecule has 0 aliphatic heterocycles. The fourth-order valence-electron chi connectivity index (χ4n) is 1.32. The number of hydrogen-bond donors (Lipinski definition) is 2. The maximum atomic E-state index is 13.2. The van der Waals surface area contributed by atoms with Crippen LogP contribution in [-0.4, -0.2) is 33.3 Å². The Labute approximate surface area is 108 Å². The molecule has 0 aromatic heterocycles. The van der Waals surface area contributed by atoms with E-state index in [2.05, 4.69) is 5.32 Å². The topological polar surface area (TPSA) is 66.4 Å². The minimum atomic E-state index is -1.35. The number of aliphatic hydroxyl groups is 1. The van der Waals surface area contributed by atoms with Crippen molar-refractivity contribution in [2.45, 2.75) is 13.5 Å². The summed E-state index contributed by atoms with van der Waals surface area (Å²) in [5.74, 6) is -0.741. The van der Waals surface area contributed by atoms with Crippen LogP contribution in [0.25, 0.3) is 0 Å². The SMILES string of the molecule is Cc1ccc(CNC(=O)CS(=O)CCO)cc1F. The first-order chi connectivity index (χ1) is 8.52. The number of aryl methyl sites for hydroxylation is 1. The molecular weight excluding hydrogens is 257 g/mol. The molecule has 0 heterocycles. The van der Waals surface area contributed by atoms with Crippen LogP contribution in [0, 0.1) is 12.7 Å². The van der Waals surface area contributed by atoms with Crippen molar-refractivity contribution >= 4 is 16.7 Å². The van der Waals surface area contributed by atoms with Crippen LogP contribution in [0.5, 0.6) is 0 Å². The average Bonchev–Trinajstić information content (AvgIpc) is 2.31. The molecule has 18 heavy (non-hydrogen) atoms. The van der Waals surface area contributed by atoms with Crippen LogP contribution in [0.2, 0.25) is 0 Å². The van der Waals surface area contributed by atoms with Crippen LogP contribution < -0.4 is 5.32 Å². The highest BCUT2D eigenvalue weighted by Crippen LogP contribution is 2.08. The summed E-state index contributed by atoms with van der Waals surface area (Å²) in [6.45, 7) is 1.66. The maximum absolute atomic E-state index is 13.2. The third-order valence-electron chi connectivity index (χ3n) is 2.34. The van der Waals surface area contributed by atoms with Gasteiger partial charge in [0.05, 0.1) is 6.61 Å². The summed E-state index contributed by atoms with van der Waals surface area (Å²) in [4.78, 5) is 11.4. The first kappa shape index (κ1) is 14.8. The molecule has 1 amide bonds. The van der Waals surface area contributed by atoms with Crippen molar-refractivity contribution in [1.29, 1.82) is 0 Å². The molecule has 0 fully saturated rings. The van der Waals surface area contributed by atoms with Crippen molar-refractivity contribution in [2.75, 3.05) is 18.1 Å². The van der Waals surface area contributed by atoms with Crippen molar-refractivity contribution in [3.63, 3.8) is 0 Å². The number of amides is 1. The molecular formula is C12H16FNO3S. The van der Waals surface area contributed by atoms with Gasteiger partial charge in [-0.2, -0.15) is 0 Å². The molecule has 4 nitrogen and oxygen atoms in total. The second-order valence-electron chi connectivity index (χ2n) is 3.87. The lowest BCUT2D eigenvalue weighted by Crippen LogP contribution is -2.29. The highest BCUT2D eigenvalue weighted by atomic mass is 32.2. The second kappa shape index (κ2) is 7.23. The second-order valence-corrected chi connectivity index (χ2v) is 5.45. The standard InChI is InChI=1S/C12H16FNO3S/c1-9-2-3-10(6-11(9)13)7-14-12(16)8-18(17)5-4-15/h2-3,6,15H,4-5,7-8H2,1H3,(H,14,16). The van der Waals surface area contributed by atoms with Crippen LogP contribution in [0.1, 0.15) is 11.1 Å². The van der Waals surface area contributed by atoms with Gasteiger partial charge in [-0.05, 0) is 24.1 Å². The van der Waals surface area contributed by atoms with Crippen molar-refractivity contribution in [2.24, 2.45) is 0 Å². The molecule has 1 atom stereocenters. The highest BCUT2D eigenvalue weighted by molar-refractivity contribution is 7.85. The van der Waals surface area contributed by atoms with Gasteiger partial charge in [0.25, 0.3) is 0 Å². The number of carbonyl (C=O) groups is 1. The number of rotatable bonds is 6. The summed E-state index contributed by atoms with van der Waals surface area (Å²) in [5, 5.41) is 11.1. The zero-order valence-electron chi connectivity index (χ0n) is 10.1. The fourth-order valence-corrected chi connectivity index (χ4v) is 2.06. The number of aliphatic hydroxyl groups excluding tert-OH is 1. The monoisotopic (exact) mass is 273 g/mol. The molecule has 0 radical (unpaired) electrons. The predicted molar refractivity (Wildman–Crippen MR) is 67.9 cm³/mol. The minimum Gasteiger partial charge on any atom is -0.395 e. The summed E-state index contributed by atoms with van der Waals surface area (Å²) in [7, 11) is -1.35. The summed E-state index contributed by atoms with van der Waals surface area (Å²) in [6.07, 6.45) is 0. The van der Waals surface area contributed by atoms with Gasteiger partial charge >= 0.3 is 0 Å². The van der Waals surface area contributed by atoms with E-state index in [0.717, 1.165) is 0 Å². The summed E-state index contributed by atoms with van der Waals surface area (Å²) in [6, 6.07) is 4.73. The van der Waals surface area contributed by atoms with Crippen LogP contribution >= 0.6 is 0 Å². The maximum Gasteiger partial charge on any atom is 0.232 e. The average molecular weight is 273 g/mol. The van der Waals surface area contributed by atoms with E-state index >= 15 is 0 Å². The first-order valence-electron chi connectivity index (χ1n) is 5.50. The number of halogens is 1. The Morgan fingerprint density at radius 1 is 1.50 bits per heavy atom. The Morgan fingerprint density at radius 3 is 2.83 bits per heavy atom. The molecule has 0 aliphatic rings. The van der Waals surface area contributed by atoms with E-state index in [4.69, 9.17) is 5.11 Å². The van der Waals surface area contributed by atoms with Gasteiger partial charge in [0.15, 0.2) is 0 Å². The Balaban J connectivity index is 2.42. The molecule has 0 saturated heterocycles. The minimum absolute atomic E-state index is 0.0899. The van der Waals surface area contributed by atoms with E-state index < -0.39 is 10.8 Å². The zero-order chi connectivity index (χ0) is 13.5. The van der Waals surface area contributed by atoms with E-state index in [9.17, 15) is 13.4 Å². The first-order valence-corrected chi connectivity index (χ1v) is 6.99. The molecule has 0 aliphatic carbocycles. The number of benzene rings is 1. The predicted octanol–water partition coefficient (Wildman–Crippen LogP) is 0.491. The summed E-state index contributed by atoms with van der Waals surface area (Å²) >= 11 is 0. The lowest BCUT2D eigenvalue weighted by molar-refractivity contribution is -0.118. The molecule has 1 unspecified atom stereocenters. The molecule has 100 valence electrons. The van der Waals surface area contributed by atoms with E-state index in [0.29, 0.717) is 11.1 Å². The van der Waals surface area contributed by atoms with E-state index in [1.165, 1.54) is 6.07 Å². The normalized spacial score (nSPS) is 12.2. The smallest absolute Gasteiger partial charge is 0.232 e. The van der Waals surface area contributed by atoms with Crippen molar-refractivity contribution in [3.05, 3.63) is 35.1 Å². The van der Waals surface area contributed by atoms with Gasteiger partial charge in [0.1, 0.15) is 11.6 Å². The van der Waals surface area contributed by atoms with Crippen LogP contribution in [-0.2, 0) is 22.1 Å². The van der Waals surface area contributed by atoms with Gasteiger partial charge < -0.3 is 10.4 Å². The van der Waals surface area contributed by atoms with E-state index in [-0.39, 0.29) is 36.4 Å². The van der Waals surface area contributed by atoms with Gasteiger partial charge in [0.2, 0.25) is 5.91 Å². The lowest BCUT2D eigenvalue weighted by atomic mass is 10.1. The molecule has 0 saturated carbocycles. The van der Waals surface area contributed by atoms with Gasteiger partial charge in [-0.3, -0.25) is 9.00 Å². The molecule has 0 spiro atoms. The fraction of sp³-hybridized carbons (Fsp3) is 0.417. The van der Waals surface area contributed by atoms with Crippen LogP contribution in [0.15, 0.2) is 18.2 Å². The van der Waals surface area contributed by atoms with Gasteiger partial charge in [-0.25, -0.2) is 4.39 Å². The van der Waals surface area contributed by atoms with E-state index in [1.54, 1.807) is 19.1 Å². The number of nitrogens with one attached hydrogen (secondary N) is 1. The lowest BCUT2D eigenvalue weighted by Gasteiger charge is -2.06. The Kier molecular flexibility index (Phi) is 5.94. The molecule has 0 bridgehead atoms. The number of hydrogen-bond acceptors (Lipinski definition) is 3. The van der Waals surface area contributed by atoms with Crippen molar-refractivity contribution in [3.8, 4) is 0 Å². The Bertz CT molecular complexity index is 451. The third kappa shape index (κ3) is 4.93. The van der Waals surface area contributed by atoms with Crippen LogP contribution in [0.4, 0.5) is 4.39 Å². The van der Waals surface area contributed by atoms with Gasteiger partial charge in [-0.1, -0.05) is 12.1 Å². The van der Waals surface area contributed by atoms with Gasteiger partial charge in [0, 0.05) is 23.1 Å². The van der Waals surface area contributed by atoms with Crippen LogP contribution in [0.3, 0.4) is 0 Å². The summed E-state index contributed by atoms with van der Waals surface area (Å²) < 4.78 is 24.4. The molecule has 1 aromatic rings. The quantitative estimate of drug-likeness (QED) is 0.793. The molecule has 1 rings (SSSR count). The van der Waals surface area contributed by atoms with Gasteiger partial charge in [-0.15, -0.1) is 0 Å². The Hall–Kier alpha value is -1.27. The zero-order valence-corrected chi connectivity index (χ0v) is 10.9. The highest BCUT2D eigenvalue weighted by Gasteiger charge is 2.07. The van der Waals surface area contributed by atoms with E-state index in [1.807, 2.05) is 0 Å². The van der Waals surface area contributed by atoms with Crippen molar-refractivity contribution in [1.82, 2.24) is 5.32 Å². The third-order valence-corrected chi connectivity index (χ3v) is 3.56. The molecule has 6 heteroatoms. The summed E-state index contributed by atoms with van der Waals surface area (Å²) in [5.41, 5.74) is 1.20. The Morgan fingerprint density at radius 2 is 2.22 bits per heavy atom. The molecule has 2 N–H and O–H groups in total. The largest absolute Gasteiger partial charge is 0.395 e. The molecule has 1 aromatic carbocycles. The van der Waals surface area contributed by atoms with Crippen molar-refractivity contribution < 1.29 is 18.5 Å².